The quantitative estimate of drug-likeness (QED) is 0.849. The van der Waals surface area contributed by atoms with Crippen LogP contribution in [0.3, 0.4) is 0 Å². The maximum Gasteiger partial charge on any atom is 0.239 e. The van der Waals surface area contributed by atoms with Gasteiger partial charge in [0.15, 0.2) is 0 Å². The zero-order chi connectivity index (χ0) is 13.1. The second-order valence-electron chi connectivity index (χ2n) is 4.10. The van der Waals surface area contributed by atoms with Gasteiger partial charge in [-0.3, -0.25) is 14.8 Å². The summed E-state index contributed by atoms with van der Waals surface area (Å²) in [5.41, 5.74) is 7.23. The minimum Gasteiger partial charge on any atom is -0.368 e. The fraction of sp³-hybridized carbons (Fsp3) is 0.333. The molecule has 0 aliphatic heterocycles. The second-order valence-corrected chi connectivity index (χ2v) is 5.14. The zero-order valence-electron chi connectivity index (χ0n) is 10.4. The number of primary amides is 1. The molecule has 6 heteroatoms. The van der Waals surface area contributed by atoms with Gasteiger partial charge in [-0.05, 0) is 18.4 Å². The molecule has 0 aliphatic rings. The summed E-state index contributed by atoms with van der Waals surface area (Å²) < 4.78 is 1.73. The first kappa shape index (κ1) is 12.8. The topological polar surface area (TPSA) is 72.9 Å². The highest BCUT2D eigenvalue weighted by molar-refractivity contribution is 7.09. The lowest BCUT2D eigenvalue weighted by molar-refractivity contribution is -0.120. The molecule has 0 aliphatic carbocycles. The van der Waals surface area contributed by atoms with E-state index in [0.717, 1.165) is 11.3 Å². The first-order valence-electron chi connectivity index (χ1n) is 5.63. The van der Waals surface area contributed by atoms with Crippen molar-refractivity contribution in [3.63, 3.8) is 0 Å². The molecule has 1 atom stereocenters. The van der Waals surface area contributed by atoms with Crippen molar-refractivity contribution in [3.05, 3.63) is 39.8 Å². The zero-order valence-corrected chi connectivity index (χ0v) is 11.2. The van der Waals surface area contributed by atoms with Crippen LogP contribution in [0.15, 0.2) is 23.7 Å². The van der Waals surface area contributed by atoms with Gasteiger partial charge in [-0.15, -0.1) is 11.3 Å². The average molecular weight is 264 g/mol. The molecule has 0 spiro atoms. The van der Waals surface area contributed by atoms with Crippen LogP contribution in [-0.2, 0) is 18.4 Å². The van der Waals surface area contributed by atoms with E-state index in [1.165, 1.54) is 4.88 Å². The molecule has 0 saturated carbocycles. The smallest absolute Gasteiger partial charge is 0.239 e. The molecule has 0 fully saturated rings. The van der Waals surface area contributed by atoms with Crippen molar-refractivity contribution in [2.24, 2.45) is 12.8 Å². The fourth-order valence-corrected chi connectivity index (χ4v) is 2.43. The molecule has 0 saturated heterocycles. The van der Waals surface area contributed by atoms with E-state index < -0.39 is 6.04 Å². The number of aryl methyl sites for hydroxylation is 1. The molecule has 1 amide bonds. The van der Waals surface area contributed by atoms with Crippen LogP contribution in [0.25, 0.3) is 0 Å². The van der Waals surface area contributed by atoms with Gasteiger partial charge in [0, 0.05) is 29.7 Å². The van der Waals surface area contributed by atoms with E-state index in [4.69, 9.17) is 5.73 Å². The Bertz CT molecular complexity index is 532. The van der Waals surface area contributed by atoms with Crippen molar-refractivity contribution in [2.75, 3.05) is 0 Å². The lowest BCUT2D eigenvalue weighted by Crippen LogP contribution is -2.33. The molecule has 2 aromatic rings. The molecular formula is C12H16N4OS. The number of carbonyl (C=O) groups is 1. The summed E-state index contributed by atoms with van der Waals surface area (Å²) in [5.74, 6) is -0.386. The number of nitrogens with zero attached hydrogens (tertiary/aromatic N) is 2. The molecule has 0 bridgehead atoms. The van der Waals surface area contributed by atoms with Gasteiger partial charge >= 0.3 is 0 Å². The Hall–Kier alpha value is -1.66. The first-order valence-corrected chi connectivity index (χ1v) is 6.51. The summed E-state index contributed by atoms with van der Waals surface area (Å²) in [5, 5.41) is 9.32. The summed E-state index contributed by atoms with van der Waals surface area (Å²) in [4.78, 5) is 12.7. The van der Waals surface area contributed by atoms with E-state index in [1.54, 1.807) is 22.2 Å². The molecule has 3 N–H and O–H groups in total. The van der Waals surface area contributed by atoms with Crippen LogP contribution in [0.4, 0.5) is 0 Å². The van der Waals surface area contributed by atoms with E-state index in [1.807, 2.05) is 31.5 Å². The van der Waals surface area contributed by atoms with Gasteiger partial charge in [0.25, 0.3) is 0 Å². The standard InChI is InChI=1S/C12H16N4OS/c1-8-10(7-15-16(8)2)11(12(13)17)14-6-9-4-3-5-18-9/h3-5,7,11,14H,6H2,1-2H3,(H2,13,17). The maximum absolute atomic E-state index is 11.5. The van der Waals surface area contributed by atoms with Crippen LogP contribution in [0.2, 0.25) is 0 Å². The van der Waals surface area contributed by atoms with E-state index in [0.29, 0.717) is 6.54 Å². The van der Waals surface area contributed by atoms with Crippen molar-refractivity contribution in [1.82, 2.24) is 15.1 Å². The fourth-order valence-electron chi connectivity index (χ4n) is 1.78. The molecule has 0 radical (unpaired) electrons. The third-order valence-corrected chi connectivity index (χ3v) is 3.81. The van der Waals surface area contributed by atoms with E-state index in [-0.39, 0.29) is 5.91 Å². The Morgan fingerprint density at radius 1 is 1.67 bits per heavy atom. The number of nitrogens with two attached hydrogens (primary N) is 1. The number of nitrogens with one attached hydrogen (secondary N) is 1. The molecule has 96 valence electrons. The number of hydrogen-bond acceptors (Lipinski definition) is 4. The monoisotopic (exact) mass is 264 g/mol. The van der Waals surface area contributed by atoms with Crippen molar-refractivity contribution < 1.29 is 4.79 Å². The number of amides is 1. The Morgan fingerprint density at radius 2 is 2.44 bits per heavy atom. The van der Waals surface area contributed by atoms with E-state index >= 15 is 0 Å². The third-order valence-electron chi connectivity index (χ3n) is 2.93. The van der Waals surface area contributed by atoms with Crippen LogP contribution in [0.1, 0.15) is 22.2 Å². The number of thiophene rings is 1. The SMILES string of the molecule is Cc1c(C(NCc2cccs2)C(N)=O)cnn1C. The highest BCUT2D eigenvalue weighted by Crippen LogP contribution is 2.18. The summed E-state index contributed by atoms with van der Waals surface area (Å²) in [6.07, 6.45) is 1.69. The molecule has 2 heterocycles. The van der Waals surface area contributed by atoms with Gasteiger partial charge < -0.3 is 5.73 Å². The number of carbonyl (C=O) groups excluding carboxylic acids is 1. The molecule has 2 rings (SSSR count). The number of rotatable bonds is 5. The first-order chi connectivity index (χ1) is 8.59. The summed E-state index contributed by atoms with van der Waals surface area (Å²) in [6, 6.07) is 3.50. The Kier molecular flexibility index (Phi) is 3.78. The maximum atomic E-state index is 11.5. The summed E-state index contributed by atoms with van der Waals surface area (Å²) in [6.45, 7) is 2.55. The lowest BCUT2D eigenvalue weighted by atomic mass is 10.1. The molecule has 18 heavy (non-hydrogen) atoms. The van der Waals surface area contributed by atoms with Crippen molar-refractivity contribution in [3.8, 4) is 0 Å². The molecule has 1 unspecified atom stereocenters. The summed E-state index contributed by atoms with van der Waals surface area (Å²) >= 11 is 1.65. The Labute approximate surface area is 110 Å². The van der Waals surface area contributed by atoms with Crippen LogP contribution < -0.4 is 11.1 Å². The number of hydrogen-bond donors (Lipinski definition) is 2. The Morgan fingerprint density at radius 3 is 2.94 bits per heavy atom. The van der Waals surface area contributed by atoms with Gasteiger partial charge in [-0.1, -0.05) is 6.07 Å². The van der Waals surface area contributed by atoms with Gasteiger partial charge in [-0.25, -0.2) is 0 Å². The van der Waals surface area contributed by atoms with Gasteiger partial charge in [0.1, 0.15) is 6.04 Å². The minimum atomic E-state index is -0.499. The largest absolute Gasteiger partial charge is 0.368 e. The number of aromatic nitrogens is 2. The lowest BCUT2D eigenvalue weighted by Gasteiger charge is -2.14. The highest BCUT2D eigenvalue weighted by Gasteiger charge is 2.21. The van der Waals surface area contributed by atoms with Crippen LogP contribution in [0.5, 0.6) is 0 Å². The molecular weight excluding hydrogens is 248 g/mol. The van der Waals surface area contributed by atoms with Crippen LogP contribution in [-0.4, -0.2) is 15.7 Å². The minimum absolute atomic E-state index is 0.386. The highest BCUT2D eigenvalue weighted by atomic mass is 32.1. The predicted octanol–water partition coefficient (Wildman–Crippen LogP) is 1.11. The Balaban J connectivity index is 2.14. The average Bonchev–Trinajstić information content (AvgIpc) is 2.93. The summed E-state index contributed by atoms with van der Waals surface area (Å²) in [7, 11) is 1.84. The molecule has 0 aromatic carbocycles. The van der Waals surface area contributed by atoms with Crippen LogP contribution in [0, 0.1) is 6.92 Å². The normalized spacial score (nSPS) is 12.6. The van der Waals surface area contributed by atoms with Crippen molar-refractivity contribution in [1.29, 1.82) is 0 Å². The van der Waals surface area contributed by atoms with Gasteiger partial charge in [0.2, 0.25) is 5.91 Å². The van der Waals surface area contributed by atoms with Crippen molar-refractivity contribution in [2.45, 2.75) is 19.5 Å². The van der Waals surface area contributed by atoms with Crippen LogP contribution >= 0.6 is 11.3 Å². The molecule has 5 nitrogen and oxygen atoms in total. The third kappa shape index (κ3) is 2.60. The van der Waals surface area contributed by atoms with Crippen molar-refractivity contribution >= 4 is 17.2 Å². The molecule has 2 aromatic heterocycles. The second kappa shape index (κ2) is 5.32. The predicted molar refractivity (Wildman–Crippen MR) is 71.0 cm³/mol. The van der Waals surface area contributed by atoms with E-state index in [9.17, 15) is 4.79 Å². The van der Waals surface area contributed by atoms with Gasteiger partial charge in [0.05, 0.1) is 6.20 Å². The van der Waals surface area contributed by atoms with E-state index in [2.05, 4.69) is 10.4 Å². The van der Waals surface area contributed by atoms with Gasteiger partial charge in [-0.2, -0.15) is 5.10 Å².